The maximum atomic E-state index is 14.6. The Kier molecular flexibility index (Phi) is 14.8. The number of nitrogens with one attached hydrogen (secondary N) is 3. The minimum atomic E-state index is -4.97. The van der Waals surface area contributed by atoms with Gasteiger partial charge in [-0.3, -0.25) is 28.8 Å². The van der Waals surface area contributed by atoms with Crippen molar-refractivity contribution in [1.82, 2.24) is 30.7 Å². The zero-order valence-corrected chi connectivity index (χ0v) is 34.5. The van der Waals surface area contributed by atoms with E-state index >= 15 is 0 Å². The highest BCUT2D eigenvalue weighted by atomic mass is 19.4. The number of hydrogen-bond acceptors (Lipinski definition) is 10. The standard InChI is InChI=1S/C41H49F5N6O10/c1-20-13-31-40(60)61-23(4)33(39(59)51-12-6-7-30(51)38(58)50(5)34(22(3)53)36(56)47-21(2)37(57)52(31)19-20)49-35(55)29(16-25-14-26(42)18-27(43)15-25)48-32(54)17-24-8-10-28(11-9-24)62-41(44,45)46/h8-11,14-15,18,20-23,29-31,33-34,53H,6-7,12-13,16-17,19H2,1-5H3,(H,47,56)(H,48,54)(H,49,55)/t20-,21+,22+,23+,29+,30+,31+,33+,34+/m1/s1. The number of amides is 6. The first-order valence-electron chi connectivity index (χ1n) is 20.0. The molecule has 3 fully saturated rings. The van der Waals surface area contributed by atoms with Crippen molar-refractivity contribution in [3.05, 3.63) is 65.2 Å². The Morgan fingerprint density at radius 1 is 0.935 bits per heavy atom. The number of aliphatic hydroxyl groups is 1. The van der Waals surface area contributed by atoms with Crippen molar-refractivity contribution in [3.63, 3.8) is 0 Å². The lowest BCUT2D eigenvalue weighted by Gasteiger charge is -2.37. The van der Waals surface area contributed by atoms with E-state index in [4.69, 9.17) is 4.74 Å². The van der Waals surface area contributed by atoms with Crippen LogP contribution in [0.2, 0.25) is 0 Å². The Balaban J connectivity index is 1.49. The number of rotatable bonds is 9. The van der Waals surface area contributed by atoms with Crippen LogP contribution in [-0.2, 0) is 51.1 Å². The number of aliphatic hydroxyl groups excluding tert-OH is 1. The van der Waals surface area contributed by atoms with Crippen LogP contribution in [0.4, 0.5) is 22.0 Å². The molecule has 2 aromatic carbocycles. The molecule has 2 aromatic rings. The van der Waals surface area contributed by atoms with Crippen LogP contribution in [-0.4, -0.2) is 136 Å². The van der Waals surface area contributed by atoms with Crippen LogP contribution >= 0.6 is 0 Å². The Morgan fingerprint density at radius 2 is 1.58 bits per heavy atom. The van der Waals surface area contributed by atoms with Crippen LogP contribution in [0.3, 0.4) is 0 Å². The van der Waals surface area contributed by atoms with E-state index in [1.807, 2.05) is 0 Å². The van der Waals surface area contributed by atoms with Crippen LogP contribution in [0.1, 0.15) is 58.1 Å². The molecule has 3 aliphatic heterocycles. The highest BCUT2D eigenvalue weighted by Crippen LogP contribution is 2.28. The lowest BCUT2D eigenvalue weighted by molar-refractivity contribution is -0.274. The van der Waals surface area contributed by atoms with Gasteiger partial charge in [0.1, 0.15) is 59.7 Å². The van der Waals surface area contributed by atoms with Gasteiger partial charge in [-0.2, -0.15) is 0 Å². The second kappa shape index (κ2) is 19.5. The summed E-state index contributed by atoms with van der Waals surface area (Å²) in [5, 5.41) is 18.2. The number of alkyl halides is 3. The van der Waals surface area contributed by atoms with Gasteiger partial charge in [-0.15, -0.1) is 13.2 Å². The van der Waals surface area contributed by atoms with Crippen LogP contribution in [0.5, 0.6) is 5.75 Å². The molecule has 0 bridgehead atoms. The number of carbonyl (C=O) groups is 7. The van der Waals surface area contributed by atoms with E-state index in [1.54, 1.807) is 6.92 Å². The summed E-state index contributed by atoms with van der Waals surface area (Å²) in [5.41, 5.74) is 0.0917. The number of likely N-dealkylation sites (N-methyl/N-ethyl adjacent to an activating group) is 1. The monoisotopic (exact) mass is 880 g/mol. The largest absolute Gasteiger partial charge is 0.573 e. The average molecular weight is 881 g/mol. The Labute approximate surface area is 353 Å². The average Bonchev–Trinajstić information content (AvgIpc) is 3.82. The van der Waals surface area contributed by atoms with E-state index in [0.717, 1.165) is 34.1 Å². The van der Waals surface area contributed by atoms with E-state index in [-0.39, 0.29) is 49.4 Å². The van der Waals surface area contributed by atoms with Crippen molar-refractivity contribution in [2.24, 2.45) is 5.92 Å². The van der Waals surface area contributed by atoms with Gasteiger partial charge in [0.05, 0.1) is 12.5 Å². The van der Waals surface area contributed by atoms with Crippen molar-refractivity contribution in [2.45, 2.75) is 115 Å². The number of hydrogen-bond donors (Lipinski definition) is 4. The van der Waals surface area contributed by atoms with Gasteiger partial charge in [0, 0.05) is 32.6 Å². The molecule has 4 N–H and O–H groups in total. The zero-order chi connectivity index (χ0) is 45.8. The minimum Gasteiger partial charge on any atom is -0.458 e. The molecule has 16 nitrogen and oxygen atoms in total. The smallest absolute Gasteiger partial charge is 0.458 e. The van der Waals surface area contributed by atoms with Crippen molar-refractivity contribution in [2.75, 3.05) is 20.1 Å². The van der Waals surface area contributed by atoms with Crippen molar-refractivity contribution in [3.8, 4) is 5.75 Å². The van der Waals surface area contributed by atoms with E-state index in [2.05, 4.69) is 20.7 Å². The molecule has 0 aliphatic carbocycles. The molecule has 5 rings (SSSR count). The second-order valence-electron chi connectivity index (χ2n) is 16.0. The molecule has 3 aliphatic rings. The quantitative estimate of drug-likeness (QED) is 0.211. The third-order valence-corrected chi connectivity index (χ3v) is 11.0. The third kappa shape index (κ3) is 11.5. The third-order valence-electron chi connectivity index (χ3n) is 11.0. The molecule has 0 spiro atoms. The molecule has 0 saturated carbocycles. The summed E-state index contributed by atoms with van der Waals surface area (Å²) in [6.45, 7) is 5.79. The van der Waals surface area contributed by atoms with Gasteiger partial charge < -0.3 is 45.2 Å². The Morgan fingerprint density at radius 3 is 2.19 bits per heavy atom. The molecule has 3 heterocycles. The number of esters is 1. The topological polar surface area (TPSA) is 204 Å². The Hall–Kier alpha value is -5.86. The highest BCUT2D eigenvalue weighted by Gasteiger charge is 2.47. The maximum absolute atomic E-state index is 14.6. The fraction of sp³-hybridized carbons (Fsp3) is 0.537. The second-order valence-corrected chi connectivity index (χ2v) is 16.0. The van der Waals surface area contributed by atoms with E-state index in [0.29, 0.717) is 6.07 Å². The first kappa shape index (κ1) is 47.2. The first-order chi connectivity index (χ1) is 29.0. The van der Waals surface area contributed by atoms with Crippen molar-refractivity contribution in [1.29, 1.82) is 0 Å². The van der Waals surface area contributed by atoms with Crippen LogP contribution in [0.15, 0.2) is 42.5 Å². The van der Waals surface area contributed by atoms with Gasteiger partial charge in [0.25, 0.3) is 0 Å². The summed E-state index contributed by atoms with van der Waals surface area (Å²) in [4.78, 5) is 101. The molecule has 21 heteroatoms. The molecule has 6 amide bonds. The Bertz CT molecular complexity index is 2020. The SMILES string of the molecule is C[C@@H]1C[C@H]2C(=O)O[C@@H](C)[C@H](NC(=O)[C@H](Cc3cc(F)cc(F)c3)NC(=O)Cc3ccc(OC(F)(F)F)cc3)C(=O)N3CCC[C@H]3C(=O)N(C)[C@@H]([C@H](C)O)C(=O)N[C@@H](C)C(=O)N2C1. The van der Waals surface area contributed by atoms with Gasteiger partial charge >= 0.3 is 12.3 Å². The molecule has 338 valence electrons. The number of carbonyl (C=O) groups excluding carboxylic acids is 7. The fourth-order valence-corrected chi connectivity index (χ4v) is 8.06. The number of nitrogens with zero attached hydrogens (tertiary/aromatic N) is 3. The molecular formula is C41H49F5N6O10. The number of benzene rings is 2. The van der Waals surface area contributed by atoms with Crippen molar-refractivity contribution < 1.29 is 70.1 Å². The first-order valence-corrected chi connectivity index (χ1v) is 20.0. The molecule has 0 aromatic heterocycles. The van der Waals surface area contributed by atoms with E-state index < -0.39 is 126 Å². The summed E-state index contributed by atoms with van der Waals surface area (Å²) in [7, 11) is 1.25. The summed E-state index contributed by atoms with van der Waals surface area (Å²) >= 11 is 0. The predicted molar refractivity (Wildman–Crippen MR) is 206 cm³/mol. The normalized spacial score (nSPS) is 26.3. The molecule has 0 unspecified atom stereocenters. The molecule has 9 atom stereocenters. The fourth-order valence-electron chi connectivity index (χ4n) is 8.06. The van der Waals surface area contributed by atoms with Gasteiger partial charge in [-0.25, -0.2) is 13.6 Å². The maximum Gasteiger partial charge on any atom is 0.573 e. The van der Waals surface area contributed by atoms with E-state index in [1.165, 1.54) is 44.9 Å². The van der Waals surface area contributed by atoms with Gasteiger partial charge in [-0.1, -0.05) is 19.1 Å². The molecule has 62 heavy (non-hydrogen) atoms. The van der Waals surface area contributed by atoms with Crippen LogP contribution < -0.4 is 20.7 Å². The number of fused-ring (bicyclic) bond motifs is 2. The van der Waals surface area contributed by atoms with E-state index in [9.17, 15) is 60.6 Å². The summed E-state index contributed by atoms with van der Waals surface area (Å²) in [6.07, 6.45) is -8.44. The van der Waals surface area contributed by atoms with Crippen LogP contribution in [0, 0.1) is 17.6 Å². The number of halogens is 5. The van der Waals surface area contributed by atoms with Crippen LogP contribution in [0.25, 0.3) is 0 Å². The summed E-state index contributed by atoms with van der Waals surface area (Å²) < 4.78 is 76.4. The molecule has 0 radical (unpaired) electrons. The van der Waals surface area contributed by atoms with Crippen molar-refractivity contribution >= 4 is 41.4 Å². The highest BCUT2D eigenvalue weighted by molar-refractivity contribution is 5.98. The van der Waals surface area contributed by atoms with Gasteiger partial charge in [0.15, 0.2) is 0 Å². The minimum absolute atomic E-state index is 0.0311. The lowest BCUT2D eigenvalue weighted by atomic mass is 10.0. The summed E-state index contributed by atoms with van der Waals surface area (Å²) in [5.74, 6) is -8.91. The number of cyclic esters (lactones) is 1. The predicted octanol–water partition coefficient (Wildman–Crippen LogP) is 1.50. The van der Waals surface area contributed by atoms with Gasteiger partial charge in [-0.05, 0) is 81.3 Å². The van der Waals surface area contributed by atoms with Gasteiger partial charge in [0.2, 0.25) is 35.4 Å². The zero-order valence-electron chi connectivity index (χ0n) is 34.5. The lowest BCUT2D eigenvalue weighted by Crippen LogP contribution is -2.63. The molecule has 3 saturated heterocycles. The summed E-state index contributed by atoms with van der Waals surface area (Å²) in [6, 6.07) is -1.92. The number of ether oxygens (including phenoxy) is 2. The molecular weight excluding hydrogens is 831 g/mol.